The van der Waals surface area contributed by atoms with Gasteiger partial charge >= 0.3 is 6.03 Å². The predicted molar refractivity (Wildman–Crippen MR) is 120 cm³/mol. The molecular formula is C23H24ClN3O4. The summed E-state index contributed by atoms with van der Waals surface area (Å²) >= 11 is 6.28. The molecule has 2 aromatic rings. The summed E-state index contributed by atoms with van der Waals surface area (Å²) in [6.07, 6.45) is 2.38. The molecule has 1 saturated heterocycles. The number of carbonyl (C=O) groups excluding carboxylic acids is 3. The zero-order valence-corrected chi connectivity index (χ0v) is 18.3. The van der Waals surface area contributed by atoms with E-state index >= 15 is 0 Å². The van der Waals surface area contributed by atoms with E-state index in [1.165, 1.54) is 6.08 Å². The van der Waals surface area contributed by atoms with Gasteiger partial charge in [-0.25, -0.2) is 9.69 Å². The average Bonchev–Trinajstić information content (AvgIpc) is 2.99. The van der Waals surface area contributed by atoms with E-state index < -0.39 is 24.4 Å². The van der Waals surface area contributed by atoms with Crippen molar-refractivity contribution in [2.24, 2.45) is 0 Å². The van der Waals surface area contributed by atoms with Gasteiger partial charge in [-0.3, -0.25) is 9.59 Å². The predicted octanol–water partition coefficient (Wildman–Crippen LogP) is 4.36. The first kappa shape index (κ1) is 22.4. The minimum Gasteiger partial charge on any atom is -0.489 e. The van der Waals surface area contributed by atoms with Gasteiger partial charge in [-0.15, -0.1) is 0 Å². The van der Waals surface area contributed by atoms with Crippen LogP contribution in [0, 0.1) is 6.92 Å². The van der Waals surface area contributed by atoms with Crippen LogP contribution in [0.5, 0.6) is 5.75 Å². The first-order valence-corrected chi connectivity index (χ1v) is 10.3. The number of nitrogens with one attached hydrogen (secondary N) is 2. The molecule has 3 rings (SSSR count). The molecule has 0 aromatic heterocycles. The monoisotopic (exact) mass is 441 g/mol. The Hall–Kier alpha value is -3.32. The van der Waals surface area contributed by atoms with Crippen molar-refractivity contribution in [2.75, 3.05) is 11.9 Å². The summed E-state index contributed by atoms with van der Waals surface area (Å²) in [5.41, 5.74) is 2.20. The van der Waals surface area contributed by atoms with Gasteiger partial charge in [-0.1, -0.05) is 42.8 Å². The highest BCUT2D eigenvalue weighted by atomic mass is 35.5. The third-order valence-corrected chi connectivity index (χ3v) is 5.15. The van der Waals surface area contributed by atoms with Crippen LogP contribution in [0.4, 0.5) is 10.5 Å². The largest absolute Gasteiger partial charge is 0.489 e. The molecule has 1 fully saturated rings. The van der Waals surface area contributed by atoms with Crippen molar-refractivity contribution in [1.82, 2.24) is 10.2 Å². The number of ether oxygens (including phenoxy) is 1. The van der Waals surface area contributed by atoms with Crippen LogP contribution in [0.1, 0.15) is 31.4 Å². The van der Waals surface area contributed by atoms with E-state index in [9.17, 15) is 14.4 Å². The molecule has 7 nitrogen and oxygen atoms in total. The molecule has 31 heavy (non-hydrogen) atoms. The van der Waals surface area contributed by atoms with E-state index in [4.69, 9.17) is 16.3 Å². The minimum atomic E-state index is -0.654. The molecule has 0 bridgehead atoms. The molecule has 1 unspecified atom stereocenters. The number of aryl methyl sites for hydroxylation is 1. The van der Waals surface area contributed by atoms with Gasteiger partial charge in [0.05, 0.1) is 11.1 Å². The topological polar surface area (TPSA) is 87.7 Å². The average molecular weight is 442 g/mol. The fourth-order valence-corrected chi connectivity index (χ4v) is 3.16. The molecule has 1 atom stereocenters. The van der Waals surface area contributed by atoms with E-state index in [1.54, 1.807) is 30.3 Å². The summed E-state index contributed by atoms with van der Waals surface area (Å²) in [6, 6.07) is 11.7. The number of imide groups is 1. The molecule has 0 saturated carbocycles. The second-order valence-electron chi connectivity index (χ2n) is 7.27. The van der Waals surface area contributed by atoms with Crippen LogP contribution in [0.2, 0.25) is 5.02 Å². The van der Waals surface area contributed by atoms with E-state index in [1.807, 2.05) is 32.9 Å². The van der Waals surface area contributed by atoms with Crippen molar-refractivity contribution < 1.29 is 19.1 Å². The lowest BCUT2D eigenvalue weighted by Gasteiger charge is -2.14. The van der Waals surface area contributed by atoms with Crippen molar-refractivity contribution in [1.29, 1.82) is 0 Å². The third-order valence-electron chi connectivity index (χ3n) is 4.85. The SMILES string of the molecule is CCC(C)Oc1ccc(C=C2NC(=O)N(CC(=O)Nc3ccccc3C)C2=O)cc1Cl. The Labute approximate surface area is 186 Å². The van der Waals surface area contributed by atoms with Gasteiger partial charge < -0.3 is 15.4 Å². The van der Waals surface area contributed by atoms with Gasteiger partial charge in [0.2, 0.25) is 5.91 Å². The summed E-state index contributed by atoms with van der Waals surface area (Å²) in [5.74, 6) is -0.496. The van der Waals surface area contributed by atoms with Gasteiger partial charge in [0.15, 0.2) is 0 Å². The number of hydrogen-bond donors (Lipinski definition) is 2. The lowest BCUT2D eigenvalue weighted by atomic mass is 10.1. The maximum Gasteiger partial charge on any atom is 0.329 e. The Morgan fingerprint density at radius 1 is 1.26 bits per heavy atom. The number of nitrogens with zero attached hydrogens (tertiary/aromatic N) is 1. The summed E-state index contributed by atoms with van der Waals surface area (Å²) in [4.78, 5) is 38.1. The number of urea groups is 1. The van der Waals surface area contributed by atoms with Gasteiger partial charge in [0, 0.05) is 5.69 Å². The fraction of sp³-hybridized carbons (Fsp3) is 0.261. The zero-order chi connectivity index (χ0) is 22.5. The molecule has 4 amide bonds. The summed E-state index contributed by atoms with van der Waals surface area (Å²) in [5, 5.41) is 5.62. The summed E-state index contributed by atoms with van der Waals surface area (Å²) in [6.45, 7) is 5.43. The smallest absolute Gasteiger partial charge is 0.329 e. The number of amides is 4. The third kappa shape index (κ3) is 5.44. The quantitative estimate of drug-likeness (QED) is 0.493. The zero-order valence-electron chi connectivity index (χ0n) is 17.6. The lowest BCUT2D eigenvalue weighted by Crippen LogP contribution is -2.38. The lowest BCUT2D eigenvalue weighted by molar-refractivity contribution is -0.127. The standard InChI is InChI=1S/C23H24ClN3O4/c1-4-15(3)31-20-10-9-16(11-17(20)24)12-19-22(29)27(23(30)26-19)13-21(28)25-18-8-6-5-7-14(18)2/h5-12,15H,4,13H2,1-3H3,(H,25,28)(H,26,30). The van der Waals surface area contributed by atoms with E-state index in [2.05, 4.69) is 10.6 Å². The first-order valence-electron chi connectivity index (χ1n) is 9.94. The van der Waals surface area contributed by atoms with Crippen molar-refractivity contribution in [3.63, 3.8) is 0 Å². The number of carbonyl (C=O) groups is 3. The number of anilines is 1. The Bertz CT molecular complexity index is 1050. The number of halogens is 1. The van der Waals surface area contributed by atoms with Crippen LogP contribution in [0.25, 0.3) is 6.08 Å². The van der Waals surface area contributed by atoms with Crippen LogP contribution in [-0.2, 0) is 9.59 Å². The van der Waals surface area contributed by atoms with Crippen molar-refractivity contribution in [3.05, 3.63) is 64.3 Å². The van der Waals surface area contributed by atoms with E-state index in [0.29, 0.717) is 22.0 Å². The molecule has 0 radical (unpaired) electrons. The van der Waals surface area contributed by atoms with Crippen LogP contribution < -0.4 is 15.4 Å². The fourth-order valence-electron chi connectivity index (χ4n) is 2.93. The van der Waals surface area contributed by atoms with E-state index in [-0.39, 0.29) is 11.8 Å². The van der Waals surface area contributed by atoms with Crippen molar-refractivity contribution in [2.45, 2.75) is 33.3 Å². The van der Waals surface area contributed by atoms with Gasteiger partial charge in [-0.05, 0) is 55.7 Å². The number of benzene rings is 2. The van der Waals surface area contributed by atoms with Crippen LogP contribution in [0.15, 0.2) is 48.2 Å². The highest BCUT2D eigenvalue weighted by Crippen LogP contribution is 2.28. The van der Waals surface area contributed by atoms with E-state index in [0.717, 1.165) is 16.9 Å². The Kier molecular flexibility index (Phi) is 6.97. The first-order chi connectivity index (χ1) is 14.8. The number of para-hydroxylation sites is 1. The second-order valence-corrected chi connectivity index (χ2v) is 7.68. The maximum absolute atomic E-state index is 12.6. The van der Waals surface area contributed by atoms with Crippen LogP contribution in [-0.4, -0.2) is 35.4 Å². The van der Waals surface area contributed by atoms with Crippen molar-refractivity contribution in [3.8, 4) is 5.75 Å². The normalized spacial score (nSPS) is 15.7. The molecule has 2 N–H and O–H groups in total. The molecule has 2 aromatic carbocycles. The Balaban J connectivity index is 1.69. The molecule has 1 aliphatic rings. The molecule has 1 heterocycles. The molecular weight excluding hydrogens is 418 g/mol. The minimum absolute atomic E-state index is 0.0248. The second kappa shape index (κ2) is 9.66. The highest BCUT2D eigenvalue weighted by molar-refractivity contribution is 6.32. The number of hydrogen-bond acceptors (Lipinski definition) is 4. The highest BCUT2D eigenvalue weighted by Gasteiger charge is 2.35. The summed E-state index contributed by atoms with van der Waals surface area (Å²) in [7, 11) is 0. The molecule has 162 valence electrons. The van der Waals surface area contributed by atoms with Gasteiger partial charge in [0.1, 0.15) is 18.0 Å². The van der Waals surface area contributed by atoms with Gasteiger partial charge in [-0.2, -0.15) is 0 Å². The van der Waals surface area contributed by atoms with Crippen LogP contribution in [0.3, 0.4) is 0 Å². The maximum atomic E-state index is 12.6. The van der Waals surface area contributed by atoms with Crippen molar-refractivity contribution >= 4 is 41.2 Å². The van der Waals surface area contributed by atoms with Gasteiger partial charge in [0.25, 0.3) is 5.91 Å². The number of rotatable bonds is 7. The molecule has 8 heteroatoms. The Morgan fingerprint density at radius 3 is 2.68 bits per heavy atom. The summed E-state index contributed by atoms with van der Waals surface area (Å²) < 4.78 is 5.73. The van der Waals surface area contributed by atoms with Crippen LogP contribution >= 0.6 is 11.6 Å². The Morgan fingerprint density at radius 2 is 2.00 bits per heavy atom. The molecule has 1 aliphatic heterocycles. The molecule has 0 spiro atoms. The molecule has 0 aliphatic carbocycles.